The van der Waals surface area contributed by atoms with Crippen molar-refractivity contribution >= 4 is 23.2 Å². The van der Waals surface area contributed by atoms with Gasteiger partial charge in [0.05, 0.1) is 16.2 Å². The average molecular weight is 271 g/mol. The van der Waals surface area contributed by atoms with E-state index in [0.29, 0.717) is 17.1 Å². The van der Waals surface area contributed by atoms with Gasteiger partial charge in [-0.2, -0.15) is 0 Å². The highest BCUT2D eigenvalue weighted by atomic mass is 35.5. The number of hydrogen-bond acceptors (Lipinski definition) is 3. The zero-order valence-corrected chi connectivity index (χ0v) is 11.4. The van der Waals surface area contributed by atoms with Crippen LogP contribution in [0.25, 0.3) is 0 Å². The van der Waals surface area contributed by atoms with Gasteiger partial charge in [-0.25, -0.2) is 0 Å². The summed E-state index contributed by atoms with van der Waals surface area (Å²) in [4.78, 5) is 12.0. The Morgan fingerprint density at radius 1 is 1.56 bits per heavy atom. The lowest BCUT2D eigenvalue weighted by Gasteiger charge is -2.23. The van der Waals surface area contributed by atoms with E-state index in [1.165, 1.54) is 0 Å². The highest BCUT2D eigenvalue weighted by Crippen LogP contribution is 2.22. The lowest BCUT2D eigenvalue weighted by Crippen LogP contribution is -2.40. The SMILES string of the molecule is CCCC(C)(O)CNC(=O)c1c(N)cccc1Cl. The van der Waals surface area contributed by atoms with Gasteiger partial charge in [0, 0.05) is 12.2 Å². The van der Waals surface area contributed by atoms with Crippen LogP contribution < -0.4 is 11.1 Å². The molecule has 0 spiro atoms. The summed E-state index contributed by atoms with van der Waals surface area (Å²) in [5, 5.41) is 12.9. The third kappa shape index (κ3) is 3.89. The Hall–Kier alpha value is -1.26. The quantitative estimate of drug-likeness (QED) is 0.718. The number of halogens is 1. The minimum Gasteiger partial charge on any atom is -0.398 e. The zero-order valence-electron chi connectivity index (χ0n) is 10.7. The Balaban J connectivity index is 2.72. The van der Waals surface area contributed by atoms with Crippen molar-refractivity contribution in [3.63, 3.8) is 0 Å². The van der Waals surface area contributed by atoms with Gasteiger partial charge in [-0.15, -0.1) is 0 Å². The number of carbonyl (C=O) groups excluding carboxylic acids is 1. The van der Waals surface area contributed by atoms with Crippen molar-refractivity contribution in [1.29, 1.82) is 0 Å². The second-order valence-corrected chi connectivity index (χ2v) is 5.04. The summed E-state index contributed by atoms with van der Waals surface area (Å²) in [5.41, 5.74) is 5.38. The van der Waals surface area contributed by atoms with Crippen LogP contribution in [0.15, 0.2) is 18.2 Å². The third-order valence-electron chi connectivity index (χ3n) is 2.69. The topological polar surface area (TPSA) is 75.3 Å². The van der Waals surface area contributed by atoms with E-state index in [4.69, 9.17) is 17.3 Å². The first-order valence-corrected chi connectivity index (χ1v) is 6.30. The molecule has 0 radical (unpaired) electrons. The summed E-state index contributed by atoms with van der Waals surface area (Å²) in [6, 6.07) is 4.91. The van der Waals surface area contributed by atoms with Crippen LogP contribution in [0.3, 0.4) is 0 Å². The molecule has 18 heavy (non-hydrogen) atoms. The number of nitrogens with two attached hydrogens (primary N) is 1. The van der Waals surface area contributed by atoms with Gasteiger partial charge in [-0.3, -0.25) is 4.79 Å². The van der Waals surface area contributed by atoms with Gasteiger partial charge in [0.25, 0.3) is 5.91 Å². The number of nitrogen functional groups attached to an aromatic ring is 1. The van der Waals surface area contributed by atoms with Crippen LogP contribution in [0.1, 0.15) is 37.0 Å². The van der Waals surface area contributed by atoms with Crippen molar-refractivity contribution < 1.29 is 9.90 Å². The highest BCUT2D eigenvalue weighted by molar-refractivity contribution is 6.34. The molecular formula is C13H19ClN2O2. The van der Waals surface area contributed by atoms with Crippen molar-refractivity contribution in [2.75, 3.05) is 12.3 Å². The molecule has 1 unspecified atom stereocenters. The highest BCUT2D eigenvalue weighted by Gasteiger charge is 2.21. The maximum Gasteiger partial charge on any atom is 0.254 e. The number of nitrogens with one attached hydrogen (secondary N) is 1. The maximum atomic E-state index is 12.0. The molecule has 0 bridgehead atoms. The molecule has 0 aliphatic rings. The van der Waals surface area contributed by atoms with Gasteiger partial charge in [0.15, 0.2) is 0 Å². The zero-order chi connectivity index (χ0) is 13.8. The first kappa shape index (κ1) is 14.8. The number of rotatable bonds is 5. The minimum atomic E-state index is -0.916. The molecule has 1 atom stereocenters. The van der Waals surface area contributed by atoms with E-state index in [2.05, 4.69) is 5.32 Å². The molecule has 1 amide bonds. The van der Waals surface area contributed by atoms with Gasteiger partial charge >= 0.3 is 0 Å². The molecule has 4 nitrogen and oxygen atoms in total. The van der Waals surface area contributed by atoms with Crippen LogP contribution in [0.2, 0.25) is 5.02 Å². The molecule has 0 saturated carbocycles. The van der Waals surface area contributed by atoms with E-state index < -0.39 is 5.60 Å². The molecule has 4 N–H and O–H groups in total. The Morgan fingerprint density at radius 3 is 2.78 bits per heavy atom. The maximum absolute atomic E-state index is 12.0. The first-order valence-electron chi connectivity index (χ1n) is 5.92. The number of aliphatic hydroxyl groups is 1. The van der Waals surface area contributed by atoms with Crippen LogP contribution in [0.5, 0.6) is 0 Å². The predicted octanol–water partition coefficient (Wildman–Crippen LogP) is 2.20. The Bertz CT molecular complexity index is 413. The summed E-state index contributed by atoms with van der Waals surface area (Å²) in [6.45, 7) is 3.83. The van der Waals surface area contributed by atoms with Crippen molar-refractivity contribution in [2.24, 2.45) is 0 Å². The second-order valence-electron chi connectivity index (χ2n) is 4.63. The van der Waals surface area contributed by atoms with Gasteiger partial charge < -0.3 is 16.2 Å². The average Bonchev–Trinajstić information content (AvgIpc) is 2.26. The number of hydrogen-bond donors (Lipinski definition) is 3. The van der Waals surface area contributed by atoms with Crippen LogP contribution in [0.4, 0.5) is 5.69 Å². The summed E-state index contributed by atoms with van der Waals surface area (Å²) >= 11 is 5.93. The fourth-order valence-corrected chi connectivity index (χ4v) is 2.03. The number of carbonyl (C=O) groups is 1. The second kappa shape index (κ2) is 6.07. The molecular weight excluding hydrogens is 252 g/mol. The lowest BCUT2D eigenvalue weighted by atomic mass is 10.0. The van der Waals surface area contributed by atoms with E-state index in [-0.39, 0.29) is 18.0 Å². The monoisotopic (exact) mass is 270 g/mol. The van der Waals surface area contributed by atoms with E-state index >= 15 is 0 Å². The standard InChI is InChI=1S/C13H19ClN2O2/c1-3-7-13(2,18)8-16-12(17)11-9(14)5-4-6-10(11)15/h4-6,18H,3,7-8,15H2,1-2H3,(H,16,17). The third-order valence-corrected chi connectivity index (χ3v) is 3.01. The fraction of sp³-hybridized carbons (Fsp3) is 0.462. The number of amides is 1. The van der Waals surface area contributed by atoms with Crippen LogP contribution >= 0.6 is 11.6 Å². The van der Waals surface area contributed by atoms with E-state index in [0.717, 1.165) is 6.42 Å². The smallest absolute Gasteiger partial charge is 0.254 e. The van der Waals surface area contributed by atoms with Crippen LogP contribution in [-0.4, -0.2) is 23.2 Å². The minimum absolute atomic E-state index is 0.171. The normalized spacial score (nSPS) is 14.0. The summed E-state index contributed by atoms with van der Waals surface area (Å²) in [5.74, 6) is -0.366. The molecule has 0 aromatic heterocycles. The summed E-state index contributed by atoms with van der Waals surface area (Å²) < 4.78 is 0. The van der Waals surface area contributed by atoms with Crippen molar-refractivity contribution in [3.8, 4) is 0 Å². The van der Waals surface area contributed by atoms with Crippen LogP contribution in [0, 0.1) is 0 Å². The molecule has 0 saturated heterocycles. The lowest BCUT2D eigenvalue weighted by molar-refractivity contribution is 0.0470. The molecule has 0 heterocycles. The van der Waals surface area contributed by atoms with E-state index in [1.54, 1.807) is 25.1 Å². The summed E-state index contributed by atoms with van der Waals surface area (Å²) in [6.07, 6.45) is 1.46. The number of benzene rings is 1. The van der Waals surface area contributed by atoms with Crippen molar-refractivity contribution in [3.05, 3.63) is 28.8 Å². The molecule has 1 aromatic rings. The van der Waals surface area contributed by atoms with Crippen molar-refractivity contribution in [2.45, 2.75) is 32.3 Å². The molecule has 0 aliphatic carbocycles. The van der Waals surface area contributed by atoms with Crippen LogP contribution in [-0.2, 0) is 0 Å². The van der Waals surface area contributed by atoms with Gasteiger partial charge in [-0.1, -0.05) is 31.0 Å². The van der Waals surface area contributed by atoms with Gasteiger partial charge in [0.1, 0.15) is 0 Å². The molecule has 1 rings (SSSR count). The molecule has 0 fully saturated rings. The summed E-state index contributed by atoms with van der Waals surface area (Å²) in [7, 11) is 0. The number of anilines is 1. The first-order chi connectivity index (χ1) is 8.37. The van der Waals surface area contributed by atoms with Gasteiger partial charge in [-0.05, 0) is 25.5 Å². The van der Waals surface area contributed by atoms with E-state index in [1.807, 2.05) is 6.92 Å². The Kier molecular flexibility index (Phi) is 4.99. The Labute approximate surface area is 112 Å². The molecule has 5 heteroatoms. The molecule has 1 aromatic carbocycles. The molecule has 100 valence electrons. The Morgan fingerprint density at radius 2 is 2.22 bits per heavy atom. The fourth-order valence-electron chi connectivity index (χ4n) is 1.77. The predicted molar refractivity (Wildman–Crippen MR) is 73.7 cm³/mol. The largest absolute Gasteiger partial charge is 0.398 e. The van der Waals surface area contributed by atoms with Crippen molar-refractivity contribution in [1.82, 2.24) is 5.32 Å². The van der Waals surface area contributed by atoms with E-state index in [9.17, 15) is 9.90 Å². The van der Waals surface area contributed by atoms with Gasteiger partial charge in [0.2, 0.25) is 0 Å². The molecule has 0 aliphatic heterocycles.